The molecule has 2 atom stereocenters. The van der Waals surface area contributed by atoms with Gasteiger partial charge in [-0.05, 0) is 50.3 Å². The number of ether oxygens (including phenoxy) is 1. The molecule has 0 radical (unpaired) electrons. The van der Waals surface area contributed by atoms with Crippen molar-refractivity contribution in [3.8, 4) is 0 Å². The van der Waals surface area contributed by atoms with Crippen molar-refractivity contribution < 1.29 is 9.84 Å². The summed E-state index contributed by atoms with van der Waals surface area (Å²) in [4.78, 5) is 9.66. The number of rotatable bonds is 9. The van der Waals surface area contributed by atoms with Crippen LogP contribution in [0.4, 0.5) is 0 Å². The van der Waals surface area contributed by atoms with Gasteiger partial charge in [0, 0.05) is 45.8 Å². The van der Waals surface area contributed by atoms with Gasteiger partial charge >= 0.3 is 0 Å². The van der Waals surface area contributed by atoms with Crippen LogP contribution in [0.5, 0.6) is 0 Å². The molecule has 3 N–H and O–H groups in total. The quantitative estimate of drug-likeness (QED) is 0.240. The van der Waals surface area contributed by atoms with Gasteiger partial charge in [-0.2, -0.15) is 0 Å². The third kappa shape index (κ3) is 10.1. The van der Waals surface area contributed by atoms with Crippen LogP contribution in [0.2, 0.25) is 0 Å². The summed E-state index contributed by atoms with van der Waals surface area (Å²) in [7, 11) is 0. The number of piperidine rings is 1. The van der Waals surface area contributed by atoms with Crippen LogP contribution in [-0.4, -0.2) is 85.5 Å². The molecule has 2 aliphatic rings. The molecule has 0 aliphatic carbocycles. The van der Waals surface area contributed by atoms with E-state index < -0.39 is 5.60 Å². The molecule has 1 aromatic carbocycles. The highest BCUT2D eigenvalue weighted by molar-refractivity contribution is 14.0. The summed E-state index contributed by atoms with van der Waals surface area (Å²) >= 11 is 0. The van der Waals surface area contributed by atoms with Gasteiger partial charge in [0.2, 0.25) is 0 Å². The molecule has 2 aliphatic heterocycles. The van der Waals surface area contributed by atoms with E-state index in [0.717, 1.165) is 51.3 Å². The first-order valence-corrected chi connectivity index (χ1v) is 12.3. The number of nitrogens with one attached hydrogen (secondary N) is 2. The largest absolute Gasteiger partial charge is 0.387 e. The predicted molar refractivity (Wildman–Crippen MR) is 146 cm³/mol. The van der Waals surface area contributed by atoms with E-state index in [1.54, 1.807) is 0 Å². The molecule has 7 nitrogen and oxygen atoms in total. The number of benzene rings is 1. The van der Waals surface area contributed by atoms with Crippen LogP contribution in [0, 0.1) is 5.92 Å². The van der Waals surface area contributed by atoms with Gasteiger partial charge in [-0.15, -0.1) is 24.0 Å². The second kappa shape index (κ2) is 14.5. The highest BCUT2D eigenvalue weighted by atomic mass is 127. The van der Waals surface area contributed by atoms with Crippen LogP contribution in [0.1, 0.15) is 44.7 Å². The van der Waals surface area contributed by atoms with E-state index in [2.05, 4.69) is 58.5 Å². The van der Waals surface area contributed by atoms with Crippen LogP contribution < -0.4 is 10.6 Å². The molecular weight excluding hydrogens is 529 g/mol. The van der Waals surface area contributed by atoms with Crippen molar-refractivity contribution >= 4 is 29.9 Å². The van der Waals surface area contributed by atoms with Crippen LogP contribution in [0.25, 0.3) is 0 Å². The second-order valence-corrected chi connectivity index (χ2v) is 9.69. The third-order valence-corrected chi connectivity index (χ3v) is 6.31. The Morgan fingerprint density at radius 1 is 1.15 bits per heavy atom. The molecule has 0 bridgehead atoms. The Kier molecular flexibility index (Phi) is 12.4. The van der Waals surface area contributed by atoms with Gasteiger partial charge in [0.05, 0.1) is 25.4 Å². The van der Waals surface area contributed by atoms with E-state index in [-0.39, 0.29) is 24.0 Å². The van der Waals surface area contributed by atoms with Crippen molar-refractivity contribution in [3.63, 3.8) is 0 Å². The number of β-amino-alcohol motifs (C(OH)–C–C–N with tert-alkyl or cyclic N) is 1. The van der Waals surface area contributed by atoms with Gasteiger partial charge in [-0.1, -0.05) is 31.2 Å². The third-order valence-electron chi connectivity index (χ3n) is 6.31. The van der Waals surface area contributed by atoms with E-state index >= 15 is 0 Å². The highest BCUT2D eigenvalue weighted by Crippen LogP contribution is 2.20. The lowest BCUT2D eigenvalue weighted by molar-refractivity contribution is -0.0201. The second-order valence-electron chi connectivity index (χ2n) is 9.69. The minimum atomic E-state index is -0.837. The monoisotopic (exact) mass is 573 g/mol. The molecule has 0 amide bonds. The fourth-order valence-corrected chi connectivity index (χ4v) is 4.61. The Balaban J connectivity index is 0.00000385. The summed E-state index contributed by atoms with van der Waals surface area (Å²) in [6, 6.07) is 8.64. The van der Waals surface area contributed by atoms with Gasteiger partial charge in [0.15, 0.2) is 5.96 Å². The van der Waals surface area contributed by atoms with Gasteiger partial charge < -0.3 is 20.5 Å². The van der Waals surface area contributed by atoms with E-state index in [1.165, 1.54) is 37.1 Å². The van der Waals surface area contributed by atoms with Crippen LogP contribution >= 0.6 is 24.0 Å². The molecule has 0 spiro atoms. The number of aliphatic imine (C=N–C) groups is 1. The van der Waals surface area contributed by atoms with Gasteiger partial charge in [-0.25, -0.2) is 4.99 Å². The zero-order valence-corrected chi connectivity index (χ0v) is 23.0. The first-order valence-electron chi connectivity index (χ1n) is 12.3. The summed E-state index contributed by atoms with van der Waals surface area (Å²) in [6.45, 7) is 15.4. The molecule has 1 aromatic rings. The lowest BCUT2D eigenvalue weighted by Crippen LogP contribution is -2.52. The maximum Gasteiger partial charge on any atom is 0.191 e. The first kappa shape index (κ1) is 28.3. The average molecular weight is 574 g/mol. The Morgan fingerprint density at radius 2 is 1.88 bits per heavy atom. The van der Waals surface area contributed by atoms with Crippen LogP contribution in [-0.2, 0) is 17.8 Å². The maximum atomic E-state index is 10.9. The zero-order valence-electron chi connectivity index (χ0n) is 20.7. The predicted octanol–water partition coefficient (Wildman–Crippen LogP) is 2.67. The number of nitrogens with zero attached hydrogens (tertiary/aromatic N) is 3. The number of hydrogen-bond acceptors (Lipinski definition) is 5. The normalized spacial score (nSPS) is 22.3. The number of morpholine rings is 1. The fourth-order valence-electron chi connectivity index (χ4n) is 4.61. The smallest absolute Gasteiger partial charge is 0.191 e. The van der Waals surface area contributed by atoms with E-state index in [0.29, 0.717) is 19.6 Å². The van der Waals surface area contributed by atoms with Crippen molar-refractivity contribution in [2.75, 3.05) is 59.0 Å². The number of halogens is 1. The standard InChI is InChI=1S/C25H43N5O2.HI/c1-4-26-24(28-19-25(3,31)20-29-12-14-32-15-13-29)27-16-22-9-5-6-10-23(22)18-30-11-7-8-21(2)17-30;/h5-6,9-10,21,31H,4,7-8,11-20H2,1-3H3,(H2,26,27,28);1H. The van der Waals surface area contributed by atoms with E-state index in [9.17, 15) is 5.11 Å². The summed E-state index contributed by atoms with van der Waals surface area (Å²) in [6.07, 6.45) is 2.63. The number of aliphatic hydroxyl groups is 1. The van der Waals surface area contributed by atoms with Crippen molar-refractivity contribution in [3.05, 3.63) is 35.4 Å². The average Bonchev–Trinajstić information content (AvgIpc) is 2.77. The Bertz CT molecular complexity index is 725. The van der Waals surface area contributed by atoms with Crippen molar-refractivity contribution in [2.24, 2.45) is 10.9 Å². The number of hydrogen-bond donors (Lipinski definition) is 3. The summed E-state index contributed by atoms with van der Waals surface area (Å²) in [5, 5.41) is 17.6. The number of guanidine groups is 1. The lowest BCUT2D eigenvalue weighted by atomic mass is 9.99. The highest BCUT2D eigenvalue weighted by Gasteiger charge is 2.25. The Labute approximate surface area is 217 Å². The van der Waals surface area contributed by atoms with Crippen LogP contribution in [0.3, 0.4) is 0 Å². The van der Waals surface area contributed by atoms with Crippen molar-refractivity contribution in [2.45, 2.75) is 52.3 Å². The molecular formula is C25H44IN5O2. The van der Waals surface area contributed by atoms with Gasteiger partial charge in [0.25, 0.3) is 0 Å². The molecule has 188 valence electrons. The topological polar surface area (TPSA) is 72.4 Å². The molecule has 2 fully saturated rings. The van der Waals surface area contributed by atoms with Crippen molar-refractivity contribution in [1.82, 2.24) is 20.4 Å². The van der Waals surface area contributed by atoms with E-state index in [4.69, 9.17) is 9.73 Å². The molecule has 0 saturated carbocycles. The maximum absolute atomic E-state index is 10.9. The minimum absolute atomic E-state index is 0. The molecule has 0 aromatic heterocycles. The summed E-state index contributed by atoms with van der Waals surface area (Å²) in [5.41, 5.74) is 1.79. The minimum Gasteiger partial charge on any atom is -0.387 e. The van der Waals surface area contributed by atoms with Gasteiger partial charge in [0.1, 0.15) is 0 Å². The van der Waals surface area contributed by atoms with Gasteiger partial charge in [-0.3, -0.25) is 9.80 Å². The number of likely N-dealkylation sites (tertiary alicyclic amines) is 1. The summed E-state index contributed by atoms with van der Waals surface area (Å²) < 4.78 is 5.41. The molecule has 33 heavy (non-hydrogen) atoms. The van der Waals surface area contributed by atoms with Crippen molar-refractivity contribution in [1.29, 1.82) is 0 Å². The molecule has 2 saturated heterocycles. The Hall–Kier alpha value is -0.940. The molecule has 8 heteroatoms. The molecule has 2 heterocycles. The molecule has 3 rings (SSSR count). The van der Waals surface area contributed by atoms with Crippen LogP contribution in [0.15, 0.2) is 29.3 Å². The fraction of sp³-hybridized carbons (Fsp3) is 0.720. The summed E-state index contributed by atoms with van der Waals surface area (Å²) in [5.74, 6) is 1.53. The first-order chi connectivity index (χ1) is 15.4. The van der Waals surface area contributed by atoms with E-state index in [1.807, 2.05) is 6.92 Å². The Morgan fingerprint density at radius 3 is 2.58 bits per heavy atom. The lowest BCUT2D eigenvalue weighted by Gasteiger charge is -2.34. The molecule has 2 unspecified atom stereocenters. The SMILES string of the molecule is CCNC(=NCc1ccccc1CN1CCCC(C)C1)NCC(C)(O)CN1CCOCC1.I. The zero-order chi connectivity index (χ0) is 22.8.